The lowest BCUT2D eigenvalue weighted by atomic mass is 9.83. The summed E-state index contributed by atoms with van der Waals surface area (Å²) < 4.78 is 97.3. The molecule has 0 aromatic heterocycles. The van der Waals surface area contributed by atoms with Gasteiger partial charge in [0.1, 0.15) is 54.8 Å². The number of carbonyl (C=O) groups is 8. The van der Waals surface area contributed by atoms with E-state index in [9.17, 15) is 77.1 Å². The first-order valence-corrected chi connectivity index (χ1v) is 29.5. The fourth-order valence-corrected chi connectivity index (χ4v) is 11.3. The van der Waals surface area contributed by atoms with Crippen molar-refractivity contribution in [2.24, 2.45) is 35.8 Å². The van der Waals surface area contributed by atoms with Gasteiger partial charge in [-0.15, -0.1) is 0 Å². The van der Waals surface area contributed by atoms with Crippen LogP contribution in [0.25, 0.3) is 73.1 Å². The Balaban J connectivity index is 0.00000735. The fourth-order valence-electron chi connectivity index (χ4n) is 11.3. The molecule has 5 fully saturated rings. The van der Waals surface area contributed by atoms with E-state index in [1.807, 2.05) is 0 Å². The molecule has 5 aliphatic rings. The molecule has 23 atom stereocenters. The second-order valence-electron chi connectivity index (χ2n) is 21.6. The lowest BCUT2D eigenvalue weighted by molar-refractivity contribution is -0.309. The van der Waals surface area contributed by atoms with Gasteiger partial charge in [-0.05, 0) is 69.4 Å². The quantitative estimate of drug-likeness (QED) is 0.0199. The third kappa shape index (κ3) is 22.8. The zero-order valence-corrected chi connectivity index (χ0v) is 53.9. The van der Waals surface area contributed by atoms with Crippen LogP contribution in [-0.4, -0.2) is 232 Å². The molecule has 7 rings (SSSR count). The molecule has 47 heteroatoms. The smallest absolute Gasteiger partial charge is 0.338 e. The molecule has 0 bridgehead atoms. The molecule has 2 aromatic carbocycles. The lowest BCUT2D eigenvalue weighted by Crippen LogP contribution is -2.65. The van der Waals surface area contributed by atoms with Crippen LogP contribution in [0.4, 0.5) is 0 Å². The number of esters is 8. The molecule has 4 aliphatic heterocycles. The summed E-state index contributed by atoms with van der Waals surface area (Å²) in [5.41, 5.74) is 68.6. The van der Waals surface area contributed by atoms with Gasteiger partial charge in [-0.2, -0.15) is 0 Å². The Morgan fingerprint density at radius 2 is 0.699 bits per heavy atom. The van der Waals surface area contributed by atoms with E-state index in [4.69, 9.17) is 75.8 Å². The van der Waals surface area contributed by atoms with E-state index in [2.05, 4.69) is 70.2 Å². The third-order valence-corrected chi connectivity index (χ3v) is 15.0. The van der Waals surface area contributed by atoms with Crippen LogP contribution in [0.15, 0.2) is 96.5 Å². The number of ether oxygens (including phenoxy) is 16. The summed E-state index contributed by atoms with van der Waals surface area (Å²) in [6.07, 6.45) is -36.4. The summed E-state index contributed by atoms with van der Waals surface area (Å²) in [6, 6.07) is 7.69. The number of benzene rings is 2. The summed E-state index contributed by atoms with van der Waals surface area (Å²) in [5, 5.41) is 25.8. The second-order valence-corrected chi connectivity index (χ2v) is 21.6. The Kier molecular flexibility index (Phi) is 35.1. The monoisotopic (exact) mass is 1440 g/mol. The first-order chi connectivity index (χ1) is 47.6. The highest BCUT2D eigenvalue weighted by molar-refractivity contribution is 5.90. The van der Waals surface area contributed by atoms with Gasteiger partial charge in [0.05, 0.1) is 55.6 Å². The van der Waals surface area contributed by atoms with Crippen LogP contribution in [0.5, 0.6) is 0 Å². The summed E-state index contributed by atoms with van der Waals surface area (Å²) in [6.45, 7) is 2.60. The first kappa shape index (κ1) is 86.4. The van der Waals surface area contributed by atoms with E-state index in [-0.39, 0.29) is 44.2 Å². The van der Waals surface area contributed by atoms with Crippen molar-refractivity contribution in [3.05, 3.63) is 145 Å². The van der Waals surface area contributed by atoms with Gasteiger partial charge in [0.25, 0.3) is 0 Å². The van der Waals surface area contributed by atoms with Crippen molar-refractivity contribution in [1.82, 2.24) is 0 Å². The molecule has 8 unspecified atom stereocenters. The van der Waals surface area contributed by atoms with Gasteiger partial charge in [-0.1, -0.05) is 87.1 Å². The molecule has 45 nitrogen and oxygen atoms in total. The van der Waals surface area contributed by atoms with E-state index in [0.29, 0.717) is 0 Å². The first-order valence-electron chi connectivity index (χ1n) is 29.5. The van der Waals surface area contributed by atoms with E-state index in [1.165, 1.54) is 48.5 Å². The number of nitrogens with zero attached hydrogens (tertiary/aromatic N) is 21. The molecule has 103 heavy (non-hydrogen) atoms. The van der Waals surface area contributed by atoms with Crippen LogP contribution in [0.3, 0.4) is 0 Å². The SMILES string of the molecule is C.C.CC(=O)OC1[C@@H](N=[N+]=[N-])CC(N=[N+]=[N-])[C@@H](O[C@H]2OC(CN=[N+]=[N-])[C@@H](OC(C)=O)[C@H](OC(C)=O)C2N=[N+]=[N-])[C@@H]1O[C@@H]1O[C@H](CO[C@@H]2O[C@H](CN=[N+]=[N-])[C@@H](OC(=O)c3ccccc3)C2OC(=O)c2ccccc2)[C@H](O[C@H]2O[C@@H](CN=[N+]=[N-])[C@@H](OC(C)=O)C(OC(C)=O)C2N=[N+]=[N-])C1OC(C)=O.[2HH].[B].[B]. The minimum absolute atomic E-state index is 0. The molecule has 4 heterocycles. The minimum atomic E-state index is -2.25. The molecular weight excluding hydrogens is 1370 g/mol. The maximum atomic E-state index is 14.0. The van der Waals surface area contributed by atoms with Crippen LogP contribution >= 0.6 is 0 Å². The molecule has 4 saturated heterocycles. The number of hydrogen-bond acceptors (Lipinski definition) is 31. The van der Waals surface area contributed by atoms with Crippen LogP contribution < -0.4 is 0 Å². The number of carbonyl (C=O) groups excluding carboxylic acids is 8. The lowest BCUT2D eigenvalue weighted by Gasteiger charge is -2.48. The Morgan fingerprint density at radius 3 is 1.10 bits per heavy atom. The average molecular weight is 1440 g/mol. The maximum Gasteiger partial charge on any atom is 0.338 e. The minimum Gasteiger partial charge on any atom is -0.459 e. The Hall–Kier alpha value is -10.8. The molecular formula is C56H71B2N21O24. The molecule has 1 aliphatic carbocycles. The van der Waals surface area contributed by atoms with Gasteiger partial charge in [-0.3, -0.25) is 28.8 Å². The zero-order valence-electron chi connectivity index (χ0n) is 53.9. The van der Waals surface area contributed by atoms with E-state index in [0.717, 1.165) is 41.5 Å². The fraction of sp³-hybridized carbons (Fsp3) is 0.643. The van der Waals surface area contributed by atoms with Gasteiger partial charge in [-0.25, -0.2) is 9.59 Å². The average Bonchev–Trinajstić information content (AvgIpc) is 1.30. The van der Waals surface area contributed by atoms with E-state index in [1.54, 1.807) is 12.1 Å². The predicted octanol–water partition coefficient (Wildman–Crippen LogP) is 6.91. The van der Waals surface area contributed by atoms with Crippen molar-refractivity contribution >= 4 is 64.6 Å². The third-order valence-electron chi connectivity index (χ3n) is 15.0. The highest BCUT2D eigenvalue weighted by Crippen LogP contribution is 2.42. The van der Waals surface area contributed by atoms with Crippen LogP contribution in [0.2, 0.25) is 0 Å². The molecule has 2 aromatic rings. The zero-order chi connectivity index (χ0) is 71.9. The highest BCUT2D eigenvalue weighted by atomic mass is 16.8. The maximum absolute atomic E-state index is 14.0. The normalized spacial score (nSPS) is 30.6. The summed E-state index contributed by atoms with van der Waals surface area (Å²) in [7, 11) is 0. The topological polar surface area (TPSA) is 626 Å². The molecule has 0 amide bonds. The highest BCUT2D eigenvalue weighted by Gasteiger charge is 2.60. The second kappa shape index (κ2) is 41.8. The van der Waals surface area contributed by atoms with Gasteiger partial charge >= 0.3 is 47.8 Å². The van der Waals surface area contributed by atoms with Crippen molar-refractivity contribution in [3.63, 3.8) is 0 Å². The molecule has 1 saturated carbocycles. The van der Waals surface area contributed by atoms with Crippen LogP contribution in [0, 0.1) is 0 Å². The number of rotatable bonds is 29. The standard InChI is InChI=1S/C54H61N21O24.2CH4.2B.H2/c1-22(76)85-38-30(65-72-58)17-31(66-73-59)39(97-51-36(67-74-60)44(88-25(4)79)40(86-23(2)77)32(91-51)18-62-69-55)46(38)99-54-48(90-27(6)81)43(98-52-37(68-75-61)45(89-26(5)80)41(87-24(3)78)33(92-52)19-63-70-56)35(94-54)21-84-53-47(96-50(83)29-15-11-8-12-16-29)42(34(93-53)20-64-71-57)95-49(82)28-13-9-7-10-14-28;;;;;/h7-16,30-48,51-54H,17-21H2,1-6H3;2*1H4;;;1H/t30-,31?,32?,33-,34+,35+,36?,37?,38?,39+,40+,41+,42+,43-,44+,45?,46+,47?,48?,51+,52+,53+,54-;;;;;/m0...../s1/i;;;;;1+1. The van der Waals surface area contributed by atoms with Crippen LogP contribution in [0.1, 0.15) is 85.0 Å². The van der Waals surface area contributed by atoms with Gasteiger partial charge < -0.3 is 75.8 Å². The largest absolute Gasteiger partial charge is 0.459 e. The molecule has 0 spiro atoms. The van der Waals surface area contributed by atoms with E-state index < -0.39 is 221 Å². The van der Waals surface area contributed by atoms with Gasteiger partial charge in [0.2, 0.25) is 0 Å². The van der Waals surface area contributed by atoms with Crippen LogP contribution in [-0.2, 0) is 105 Å². The van der Waals surface area contributed by atoms with Gasteiger partial charge in [0.15, 0.2) is 67.9 Å². The Labute approximate surface area is 589 Å². The predicted molar refractivity (Wildman–Crippen MR) is 345 cm³/mol. The number of hydrogen-bond donors (Lipinski definition) is 0. The van der Waals surface area contributed by atoms with Crippen molar-refractivity contribution in [1.29, 1.82) is 0 Å². The molecule has 0 N–H and O–H groups in total. The Morgan fingerprint density at radius 1 is 0.379 bits per heavy atom. The van der Waals surface area contributed by atoms with Crippen molar-refractivity contribution in [2.75, 3.05) is 26.2 Å². The Bertz CT molecular complexity index is 3640. The van der Waals surface area contributed by atoms with Gasteiger partial charge in [0, 0.05) is 94.2 Å². The molecule has 6 radical (unpaired) electrons. The van der Waals surface area contributed by atoms with E-state index >= 15 is 0 Å². The van der Waals surface area contributed by atoms with Crippen molar-refractivity contribution < 1.29 is 116 Å². The summed E-state index contributed by atoms with van der Waals surface area (Å²) >= 11 is 0. The van der Waals surface area contributed by atoms with Crippen molar-refractivity contribution in [3.8, 4) is 0 Å². The summed E-state index contributed by atoms with van der Waals surface area (Å²) in [5.74, 6) is -8.39. The number of azide groups is 7. The van der Waals surface area contributed by atoms with Crippen molar-refractivity contribution in [2.45, 2.75) is 204 Å². The molecule has 550 valence electrons. The summed E-state index contributed by atoms with van der Waals surface area (Å²) in [4.78, 5) is 126.